The molecule has 0 spiro atoms. The van der Waals surface area contributed by atoms with Crippen LogP contribution in [0.2, 0.25) is 0 Å². The van der Waals surface area contributed by atoms with E-state index in [-0.39, 0.29) is 10.7 Å². The van der Waals surface area contributed by atoms with Crippen molar-refractivity contribution in [2.24, 2.45) is 5.10 Å². The average molecular weight is 345 g/mol. The number of hydrogen-bond donors (Lipinski definition) is 1. The lowest BCUT2D eigenvalue weighted by Gasteiger charge is -2.13. The normalized spacial score (nSPS) is 11.5. The van der Waals surface area contributed by atoms with Gasteiger partial charge < -0.3 is 0 Å². The van der Waals surface area contributed by atoms with Gasteiger partial charge in [-0.2, -0.15) is 14.5 Å². The van der Waals surface area contributed by atoms with Gasteiger partial charge in [-0.1, -0.05) is 0 Å². The summed E-state index contributed by atoms with van der Waals surface area (Å²) in [5.41, 5.74) is 4.67. The summed E-state index contributed by atoms with van der Waals surface area (Å²) in [6.45, 7) is 6.27. The summed E-state index contributed by atoms with van der Waals surface area (Å²) in [5.74, 6) is 0.306. The van der Waals surface area contributed by atoms with Crippen LogP contribution in [0.4, 0.5) is 10.3 Å². The van der Waals surface area contributed by atoms with Crippen LogP contribution < -0.4 is 11.0 Å². The summed E-state index contributed by atoms with van der Waals surface area (Å²) in [4.78, 5) is 21.5. The highest BCUT2D eigenvalue weighted by molar-refractivity contribution is 7.12. The minimum atomic E-state index is -0.348. The van der Waals surface area contributed by atoms with E-state index in [4.69, 9.17) is 0 Å². The second-order valence-electron chi connectivity index (χ2n) is 5.28. The molecule has 0 aromatic carbocycles. The maximum Gasteiger partial charge on any atom is 0.284 e. The van der Waals surface area contributed by atoms with E-state index >= 15 is 0 Å². The third-order valence-electron chi connectivity index (χ3n) is 3.52. The molecule has 0 radical (unpaired) electrons. The molecule has 0 saturated carbocycles. The topological polar surface area (TPSA) is 72.2 Å². The van der Waals surface area contributed by atoms with Gasteiger partial charge in [0.1, 0.15) is 5.65 Å². The molecule has 24 heavy (non-hydrogen) atoms. The first-order valence-electron chi connectivity index (χ1n) is 7.42. The molecule has 0 amide bonds. The summed E-state index contributed by atoms with van der Waals surface area (Å²) in [7, 11) is 0. The van der Waals surface area contributed by atoms with Crippen molar-refractivity contribution in [3.8, 4) is 0 Å². The zero-order chi connectivity index (χ0) is 17.3. The lowest BCUT2D eigenvalue weighted by molar-refractivity contribution is 0.657. The van der Waals surface area contributed by atoms with Crippen LogP contribution in [0.25, 0.3) is 11.0 Å². The smallest absolute Gasteiger partial charge is 0.284 e. The molecular formula is C16H16FN5OS. The van der Waals surface area contributed by atoms with Gasteiger partial charge in [-0.05, 0) is 44.5 Å². The van der Waals surface area contributed by atoms with E-state index in [1.54, 1.807) is 10.6 Å². The van der Waals surface area contributed by atoms with Crippen LogP contribution in [0.5, 0.6) is 0 Å². The number of aromatic nitrogens is 3. The lowest BCUT2D eigenvalue weighted by Crippen LogP contribution is -2.19. The fourth-order valence-corrected chi connectivity index (χ4v) is 3.13. The predicted molar refractivity (Wildman–Crippen MR) is 94.4 cm³/mol. The van der Waals surface area contributed by atoms with E-state index in [0.717, 1.165) is 22.6 Å². The molecule has 0 fully saturated rings. The molecule has 1 N–H and O–H groups in total. The second-order valence-corrected chi connectivity index (χ2v) is 6.34. The van der Waals surface area contributed by atoms with Crippen LogP contribution in [-0.2, 0) is 6.54 Å². The van der Waals surface area contributed by atoms with Crippen LogP contribution >= 0.6 is 11.3 Å². The van der Waals surface area contributed by atoms with Gasteiger partial charge in [0.25, 0.3) is 5.56 Å². The molecule has 0 aliphatic carbocycles. The first-order valence-corrected chi connectivity index (χ1v) is 8.24. The van der Waals surface area contributed by atoms with Gasteiger partial charge >= 0.3 is 0 Å². The molecule has 0 bridgehead atoms. The monoisotopic (exact) mass is 345 g/mol. The number of nitrogens with one attached hydrogen (secondary N) is 1. The van der Waals surface area contributed by atoms with E-state index < -0.39 is 0 Å². The maximum atomic E-state index is 13.0. The molecule has 0 aliphatic heterocycles. The Bertz CT molecular complexity index is 992. The highest BCUT2D eigenvalue weighted by atomic mass is 32.1. The Morgan fingerprint density at radius 3 is 2.83 bits per heavy atom. The Morgan fingerprint density at radius 1 is 1.38 bits per heavy atom. The van der Waals surface area contributed by atoms with Crippen molar-refractivity contribution in [3.05, 3.63) is 49.8 Å². The minimum Gasteiger partial charge on any atom is -0.295 e. The Hall–Kier alpha value is -2.61. The van der Waals surface area contributed by atoms with Gasteiger partial charge in [0.2, 0.25) is 5.95 Å². The SMILES string of the molecule is CCn1c(N/N=C/c2ccc(F)s2)nc(=O)c2c(C)cc(C)nc21. The minimum absolute atomic E-state index is 0.277. The van der Waals surface area contributed by atoms with E-state index in [9.17, 15) is 9.18 Å². The van der Waals surface area contributed by atoms with Gasteiger partial charge in [-0.15, -0.1) is 11.3 Å². The third kappa shape index (κ3) is 3.05. The van der Waals surface area contributed by atoms with Crippen molar-refractivity contribution in [3.63, 3.8) is 0 Å². The number of anilines is 1. The Balaban J connectivity index is 2.04. The van der Waals surface area contributed by atoms with Crippen LogP contribution in [0.1, 0.15) is 23.1 Å². The summed E-state index contributed by atoms with van der Waals surface area (Å²) in [5, 5.41) is 4.28. The highest BCUT2D eigenvalue weighted by Crippen LogP contribution is 2.17. The molecule has 3 aromatic heterocycles. The Labute approximate surface area is 141 Å². The Morgan fingerprint density at radius 2 is 2.17 bits per heavy atom. The zero-order valence-electron chi connectivity index (χ0n) is 13.5. The quantitative estimate of drug-likeness (QED) is 0.583. The number of rotatable bonds is 4. The summed E-state index contributed by atoms with van der Waals surface area (Å²) >= 11 is 0.985. The van der Waals surface area contributed by atoms with Crippen LogP contribution in [0.3, 0.4) is 0 Å². The van der Waals surface area contributed by atoms with Crippen LogP contribution in [-0.4, -0.2) is 20.7 Å². The number of hydrazone groups is 1. The molecule has 124 valence electrons. The molecule has 8 heteroatoms. The first-order chi connectivity index (χ1) is 11.5. The van der Waals surface area contributed by atoms with Crippen molar-refractivity contribution < 1.29 is 4.39 Å². The molecule has 0 atom stereocenters. The van der Waals surface area contributed by atoms with Gasteiger partial charge in [-0.25, -0.2) is 10.4 Å². The Kier molecular flexibility index (Phi) is 4.39. The lowest BCUT2D eigenvalue weighted by atomic mass is 10.2. The number of pyridine rings is 1. The van der Waals surface area contributed by atoms with Crippen LogP contribution in [0, 0.1) is 19.0 Å². The van der Waals surface area contributed by atoms with Crippen molar-refractivity contribution >= 4 is 34.5 Å². The molecule has 0 unspecified atom stereocenters. The van der Waals surface area contributed by atoms with Gasteiger partial charge in [0.15, 0.2) is 5.13 Å². The average Bonchev–Trinajstić information content (AvgIpc) is 2.92. The first kappa shape index (κ1) is 16.3. The largest absolute Gasteiger partial charge is 0.295 e. The van der Waals surface area contributed by atoms with Crippen LogP contribution in [0.15, 0.2) is 28.1 Å². The number of fused-ring (bicyclic) bond motifs is 1. The summed E-state index contributed by atoms with van der Waals surface area (Å²) in [6, 6.07) is 4.86. The van der Waals surface area contributed by atoms with E-state index in [0.29, 0.717) is 28.4 Å². The fourth-order valence-electron chi connectivity index (χ4n) is 2.53. The molecule has 0 aliphatic rings. The number of nitrogens with zero attached hydrogens (tertiary/aromatic N) is 4. The van der Waals surface area contributed by atoms with Gasteiger partial charge in [0, 0.05) is 12.2 Å². The number of thiophene rings is 1. The standard InChI is InChI=1S/C16H16FN5OS/c1-4-22-14-13(9(2)7-10(3)19-14)15(23)20-16(22)21-18-8-11-5-6-12(17)24-11/h5-8H,4H2,1-3H3,(H,20,21,23)/b18-8+. The summed E-state index contributed by atoms with van der Waals surface area (Å²) in [6.07, 6.45) is 1.49. The molecule has 3 heterocycles. The number of halogens is 1. The van der Waals surface area contributed by atoms with E-state index in [2.05, 4.69) is 20.5 Å². The molecule has 6 nitrogen and oxygen atoms in total. The summed E-state index contributed by atoms with van der Waals surface area (Å²) < 4.78 is 14.8. The van der Waals surface area contributed by atoms with Gasteiger partial charge in [-0.3, -0.25) is 9.36 Å². The molecule has 3 aromatic rings. The van der Waals surface area contributed by atoms with Crippen molar-refractivity contribution in [2.45, 2.75) is 27.3 Å². The van der Waals surface area contributed by atoms with Gasteiger partial charge in [0.05, 0.1) is 16.5 Å². The zero-order valence-corrected chi connectivity index (χ0v) is 14.3. The number of hydrogen-bond acceptors (Lipinski definition) is 6. The number of aryl methyl sites for hydroxylation is 3. The third-order valence-corrected chi connectivity index (χ3v) is 4.33. The fraction of sp³-hybridized carbons (Fsp3) is 0.250. The van der Waals surface area contributed by atoms with E-state index in [1.165, 1.54) is 12.3 Å². The predicted octanol–water partition coefficient (Wildman–Crippen LogP) is 3.07. The molecule has 3 rings (SSSR count). The maximum absolute atomic E-state index is 13.0. The van der Waals surface area contributed by atoms with Crippen molar-refractivity contribution in [1.82, 2.24) is 14.5 Å². The van der Waals surface area contributed by atoms with Crippen molar-refractivity contribution in [2.75, 3.05) is 5.43 Å². The second kappa shape index (κ2) is 6.48. The van der Waals surface area contributed by atoms with E-state index in [1.807, 2.05) is 26.8 Å². The van der Waals surface area contributed by atoms with Crippen molar-refractivity contribution in [1.29, 1.82) is 0 Å². The molecular weight excluding hydrogens is 329 g/mol. The highest BCUT2D eigenvalue weighted by Gasteiger charge is 2.13. The molecule has 0 saturated heterocycles.